The highest BCUT2D eigenvalue weighted by Gasteiger charge is 2.08. The van der Waals surface area contributed by atoms with Crippen LogP contribution >= 0.6 is 0 Å². The zero-order valence-electron chi connectivity index (χ0n) is 16.1. The molecule has 134 valence electrons. The zero-order valence-corrected chi connectivity index (χ0v) is 16.1. The molecular weight excluding hydrogens is 298 g/mol. The van der Waals surface area contributed by atoms with Gasteiger partial charge in [-0.2, -0.15) is 0 Å². The highest BCUT2D eigenvalue weighted by molar-refractivity contribution is 5.76. The maximum Gasteiger partial charge on any atom is 0.227 e. The van der Waals surface area contributed by atoms with Crippen molar-refractivity contribution in [2.24, 2.45) is 11.5 Å². The van der Waals surface area contributed by atoms with Gasteiger partial charge in [0.2, 0.25) is 5.89 Å². The molecule has 4 nitrogen and oxygen atoms in total. The van der Waals surface area contributed by atoms with Gasteiger partial charge in [0, 0.05) is 5.56 Å². The van der Waals surface area contributed by atoms with Crippen LogP contribution < -0.4 is 11.5 Å². The van der Waals surface area contributed by atoms with Crippen molar-refractivity contribution in [2.75, 3.05) is 14.1 Å². The minimum atomic E-state index is 0.694. The van der Waals surface area contributed by atoms with Crippen LogP contribution in [0, 0.1) is 6.92 Å². The molecule has 4 N–H and O–H groups in total. The maximum atomic E-state index is 5.72. The largest absolute Gasteiger partial charge is 0.436 e. The van der Waals surface area contributed by atoms with E-state index >= 15 is 0 Å². The van der Waals surface area contributed by atoms with Crippen molar-refractivity contribution >= 4 is 11.1 Å². The molecule has 0 amide bonds. The molecule has 0 saturated carbocycles. The van der Waals surface area contributed by atoms with Gasteiger partial charge < -0.3 is 15.9 Å². The monoisotopic (exact) mass is 331 g/mol. The first-order valence-electron chi connectivity index (χ1n) is 8.41. The van der Waals surface area contributed by atoms with E-state index in [0.29, 0.717) is 5.89 Å². The molecule has 0 unspecified atom stereocenters. The van der Waals surface area contributed by atoms with Gasteiger partial charge in [-0.25, -0.2) is 4.98 Å². The lowest BCUT2D eigenvalue weighted by Gasteiger charge is -1.98. The lowest BCUT2D eigenvalue weighted by atomic mass is 10.1. The maximum absolute atomic E-state index is 5.72. The molecule has 0 radical (unpaired) electrons. The van der Waals surface area contributed by atoms with E-state index in [1.54, 1.807) is 0 Å². The third-order valence-corrected chi connectivity index (χ3v) is 2.67. The fraction of sp³-hybridized carbons (Fsp3) is 0.350. The number of aryl methyl sites for hydroxylation is 1. The van der Waals surface area contributed by atoms with Crippen LogP contribution in [0.2, 0.25) is 0 Å². The predicted octanol–water partition coefficient (Wildman–Crippen LogP) is 5.01. The molecule has 0 aliphatic heterocycles. The highest BCUT2D eigenvalue weighted by Crippen LogP contribution is 2.26. The fourth-order valence-corrected chi connectivity index (χ4v) is 1.80. The molecule has 0 saturated heterocycles. The van der Waals surface area contributed by atoms with Gasteiger partial charge in [0.1, 0.15) is 5.52 Å². The van der Waals surface area contributed by atoms with Crippen LogP contribution in [0.5, 0.6) is 0 Å². The van der Waals surface area contributed by atoms with Crippen molar-refractivity contribution in [2.45, 2.75) is 34.6 Å². The minimum Gasteiger partial charge on any atom is -0.436 e. The molecule has 24 heavy (non-hydrogen) atoms. The first-order chi connectivity index (χ1) is 11.8. The lowest BCUT2D eigenvalue weighted by molar-refractivity contribution is 0.619. The molecule has 2 aromatic carbocycles. The minimum absolute atomic E-state index is 0.694. The van der Waals surface area contributed by atoms with Gasteiger partial charge in [0.05, 0.1) is 0 Å². The molecule has 0 spiro atoms. The Labute approximate surface area is 146 Å². The summed E-state index contributed by atoms with van der Waals surface area (Å²) in [4.78, 5) is 4.48. The third kappa shape index (κ3) is 6.94. The number of benzene rings is 2. The quantitative estimate of drug-likeness (QED) is 0.657. The van der Waals surface area contributed by atoms with Crippen molar-refractivity contribution in [3.8, 4) is 11.5 Å². The summed E-state index contributed by atoms with van der Waals surface area (Å²) in [6, 6.07) is 15.9. The summed E-state index contributed by atoms with van der Waals surface area (Å²) in [6.07, 6.45) is 0. The summed E-state index contributed by atoms with van der Waals surface area (Å²) in [6.45, 7) is 10.1. The Morgan fingerprint density at radius 2 is 1.25 bits per heavy atom. The summed E-state index contributed by atoms with van der Waals surface area (Å²) < 4.78 is 5.72. The van der Waals surface area contributed by atoms with Gasteiger partial charge >= 0.3 is 0 Å². The van der Waals surface area contributed by atoms with Crippen LogP contribution in [-0.2, 0) is 0 Å². The van der Waals surface area contributed by atoms with Gasteiger partial charge in [0.15, 0.2) is 5.58 Å². The summed E-state index contributed by atoms with van der Waals surface area (Å²) >= 11 is 0. The molecule has 3 rings (SSSR count). The summed E-state index contributed by atoms with van der Waals surface area (Å²) in [5.41, 5.74) is 13.0. The van der Waals surface area contributed by atoms with Crippen LogP contribution in [0.15, 0.2) is 52.9 Å². The second kappa shape index (κ2) is 15.7. The van der Waals surface area contributed by atoms with E-state index < -0.39 is 0 Å². The number of oxazole rings is 1. The van der Waals surface area contributed by atoms with Crippen molar-refractivity contribution < 1.29 is 4.42 Å². The summed E-state index contributed by atoms with van der Waals surface area (Å²) in [5.74, 6) is 0.694. The molecule has 0 aliphatic carbocycles. The third-order valence-electron chi connectivity index (χ3n) is 2.67. The Morgan fingerprint density at radius 1 is 0.750 bits per heavy atom. The molecule has 0 bridgehead atoms. The normalized spacial score (nSPS) is 8.21. The number of rotatable bonds is 1. The predicted molar refractivity (Wildman–Crippen MR) is 107 cm³/mol. The van der Waals surface area contributed by atoms with E-state index in [9.17, 15) is 0 Å². The smallest absolute Gasteiger partial charge is 0.227 e. The lowest BCUT2D eigenvalue weighted by Crippen LogP contribution is -1.81. The second-order valence-electron chi connectivity index (χ2n) is 3.80. The number of para-hydroxylation sites is 2. The number of hydrogen-bond acceptors (Lipinski definition) is 4. The van der Waals surface area contributed by atoms with Gasteiger partial charge in [-0.1, -0.05) is 58.0 Å². The molecule has 4 heteroatoms. The Bertz CT molecular complexity index is 615. The molecule has 0 atom stereocenters. The summed E-state index contributed by atoms with van der Waals surface area (Å²) in [5, 5.41) is 0. The molecule has 0 aliphatic rings. The van der Waals surface area contributed by atoms with E-state index in [0.717, 1.165) is 16.7 Å². The van der Waals surface area contributed by atoms with Crippen LogP contribution in [0.1, 0.15) is 33.3 Å². The first kappa shape index (κ1) is 24.1. The average molecular weight is 332 g/mol. The van der Waals surface area contributed by atoms with Gasteiger partial charge in [-0.3, -0.25) is 0 Å². The number of nitrogens with two attached hydrogens (primary N) is 2. The average Bonchev–Trinajstić information content (AvgIpc) is 3.12. The SMILES string of the molecule is CC.CC.CN.CN.Cc1ccccc1-c1nc2ccccc2o1. The Balaban J connectivity index is 0. The van der Waals surface area contributed by atoms with Crippen LogP contribution in [-0.4, -0.2) is 19.1 Å². The standard InChI is InChI=1S/C14H11NO.2C2H6.2CH5N/c1-10-6-2-3-7-11(10)14-15-12-8-4-5-9-13(12)16-14;4*1-2/h2-9H,1H3;2*1-2H3;2*2H2,1H3. The zero-order chi connectivity index (χ0) is 19.0. The number of aromatic nitrogens is 1. The second-order valence-corrected chi connectivity index (χ2v) is 3.80. The number of nitrogens with zero attached hydrogens (tertiary/aromatic N) is 1. The van der Waals surface area contributed by atoms with Gasteiger partial charge in [-0.15, -0.1) is 0 Å². The topological polar surface area (TPSA) is 78.1 Å². The van der Waals surface area contributed by atoms with Crippen LogP contribution in [0.25, 0.3) is 22.6 Å². The van der Waals surface area contributed by atoms with Crippen molar-refractivity contribution in [1.29, 1.82) is 0 Å². The van der Waals surface area contributed by atoms with Crippen molar-refractivity contribution in [1.82, 2.24) is 4.98 Å². The fourth-order valence-electron chi connectivity index (χ4n) is 1.80. The molecule has 1 heterocycles. The van der Waals surface area contributed by atoms with E-state index in [4.69, 9.17) is 4.42 Å². The first-order valence-corrected chi connectivity index (χ1v) is 8.41. The summed E-state index contributed by atoms with van der Waals surface area (Å²) in [7, 11) is 3.00. The molecule has 1 aromatic heterocycles. The molecular formula is C20H33N3O. The van der Waals surface area contributed by atoms with E-state index in [2.05, 4.69) is 29.4 Å². The van der Waals surface area contributed by atoms with E-state index in [1.165, 1.54) is 19.7 Å². The van der Waals surface area contributed by atoms with Crippen molar-refractivity contribution in [3.63, 3.8) is 0 Å². The van der Waals surface area contributed by atoms with Crippen LogP contribution in [0.4, 0.5) is 0 Å². The number of hydrogen-bond donors (Lipinski definition) is 2. The number of fused-ring (bicyclic) bond motifs is 1. The van der Waals surface area contributed by atoms with Gasteiger partial charge in [0.25, 0.3) is 0 Å². The Hall–Kier alpha value is -2.17. The Morgan fingerprint density at radius 3 is 1.79 bits per heavy atom. The van der Waals surface area contributed by atoms with E-state index in [1.807, 2.05) is 70.2 Å². The molecule has 0 fully saturated rings. The Kier molecular flexibility index (Phi) is 15.8. The highest BCUT2D eigenvalue weighted by atomic mass is 16.3. The van der Waals surface area contributed by atoms with Gasteiger partial charge in [-0.05, 0) is 44.8 Å². The van der Waals surface area contributed by atoms with E-state index in [-0.39, 0.29) is 0 Å². The van der Waals surface area contributed by atoms with Crippen LogP contribution in [0.3, 0.4) is 0 Å². The van der Waals surface area contributed by atoms with Crippen molar-refractivity contribution in [3.05, 3.63) is 54.1 Å². The molecule has 3 aromatic rings.